The monoisotopic (exact) mass is 269 g/mol. The Balaban J connectivity index is 2.20. The van der Waals surface area contributed by atoms with E-state index in [0.717, 1.165) is 23.8 Å². The van der Waals surface area contributed by atoms with Gasteiger partial charge in [0.15, 0.2) is 0 Å². The van der Waals surface area contributed by atoms with Crippen LogP contribution in [0.3, 0.4) is 0 Å². The van der Waals surface area contributed by atoms with Gasteiger partial charge in [0.05, 0.1) is 0 Å². The van der Waals surface area contributed by atoms with Crippen LogP contribution in [0.15, 0.2) is 18.2 Å². The van der Waals surface area contributed by atoms with Crippen LogP contribution >= 0.6 is 0 Å². The second-order valence-electron chi connectivity index (χ2n) is 6.29. The smallest absolute Gasteiger partial charge is 0.132 e. The van der Waals surface area contributed by atoms with Crippen molar-refractivity contribution in [3.05, 3.63) is 35.2 Å². The molecule has 2 unspecified atom stereocenters. The average Bonchev–Trinajstić information content (AvgIpc) is 2.66. The van der Waals surface area contributed by atoms with E-state index in [2.05, 4.69) is 50.5 Å². The number of imidazole rings is 1. The Labute approximate surface area is 120 Å². The van der Waals surface area contributed by atoms with Gasteiger partial charge in [-0.1, -0.05) is 25.1 Å². The first-order valence-electron chi connectivity index (χ1n) is 7.42. The first kappa shape index (κ1) is 13.2. The molecule has 3 nitrogen and oxygen atoms in total. The zero-order valence-corrected chi connectivity index (χ0v) is 12.8. The summed E-state index contributed by atoms with van der Waals surface area (Å²) < 4.78 is 2.24. The standard InChI is InChI=1S/C17H23N3/c1-10-8-13(4)20-14(9-10)19-16(17(20)18)15-11(2)6-5-7-12(15)3/h5-7,10,13H,8-9,18H2,1-4H3. The molecule has 2 N–H and O–H groups in total. The number of rotatable bonds is 1. The predicted molar refractivity (Wildman–Crippen MR) is 83.7 cm³/mol. The Morgan fingerprint density at radius 2 is 1.85 bits per heavy atom. The van der Waals surface area contributed by atoms with E-state index < -0.39 is 0 Å². The number of fused-ring (bicyclic) bond motifs is 1. The van der Waals surface area contributed by atoms with Gasteiger partial charge in [-0.2, -0.15) is 0 Å². The van der Waals surface area contributed by atoms with Crippen LogP contribution in [0.1, 0.15) is 43.3 Å². The molecule has 1 aliphatic rings. The normalized spacial score (nSPS) is 21.8. The molecule has 0 bridgehead atoms. The SMILES string of the molecule is Cc1cccc(C)c1-c1nc2n(c1N)C(C)CC(C)C2. The molecule has 1 aromatic carbocycles. The lowest BCUT2D eigenvalue weighted by Gasteiger charge is -2.27. The number of nitrogens with zero attached hydrogens (tertiary/aromatic N) is 2. The number of hydrogen-bond donors (Lipinski definition) is 1. The topological polar surface area (TPSA) is 43.8 Å². The van der Waals surface area contributed by atoms with Crippen LogP contribution in [0, 0.1) is 19.8 Å². The van der Waals surface area contributed by atoms with Gasteiger partial charge in [-0.05, 0) is 44.2 Å². The molecular formula is C17H23N3. The second kappa shape index (κ2) is 4.65. The van der Waals surface area contributed by atoms with Crippen LogP contribution in [0.2, 0.25) is 0 Å². The van der Waals surface area contributed by atoms with E-state index in [9.17, 15) is 0 Å². The third-order valence-corrected chi connectivity index (χ3v) is 4.45. The number of nitrogens with two attached hydrogens (primary N) is 1. The van der Waals surface area contributed by atoms with Gasteiger partial charge in [-0.3, -0.25) is 0 Å². The summed E-state index contributed by atoms with van der Waals surface area (Å²) in [5, 5.41) is 0. The molecule has 0 saturated carbocycles. The Morgan fingerprint density at radius 1 is 1.20 bits per heavy atom. The van der Waals surface area contributed by atoms with E-state index in [-0.39, 0.29) is 0 Å². The van der Waals surface area contributed by atoms with Crippen LogP contribution in [0.25, 0.3) is 11.3 Å². The molecule has 2 aromatic rings. The minimum absolute atomic E-state index is 0.444. The summed E-state index contributed by atoms with van der Waals surface area (Å²) in [5.74, 6) is 2.66. The molecule has 1 aliphatic heterocycles. The number of anilines is 1. The molecule has 0 spiro atoms. The van der Waals surface area contributed by atoms with E-state index in [0.29, 0.717) is 12.0 Å². The molecule has 20 heavy (non-hydrogen) atoms. The Hall–Kier alpha value is -1.77. The van der Waals surface area contributed by atoms with Crippen LogP contribution in [-0.2, 0) is 6.42 Å². The van der Waals surface area contributed by atoms with Gasteiger partial charge in [0, 0.05) is 18.0 Å². The molecule has 2 heterocycles. The Morgan fingerprint density at radius 3 is 2.50 bits per heavy atom. The maximum Gasteiger partial charge on any atom is 0.132 e. The van der Waals surface area contributed by atoms with Gasteiger partial charge in [0.2, 0.25) is 0 Å². The highest BCUT2D eigenvalue weighted by Gasteiger charge is 2.27. The van der Waals surface area contributed by atoms with Gasteiger partial charge in [-0.15, -0.1) is 0 Å². The summed E-state index contributed by atoms with van der Waals surface area (Å²) in [4.78, 5) is 4.88. The lowest BCUT2D eigenvalue weighted by atomic mass is 9.95. The van der Waals surface area contributed by atoms with E-state index in [1.807, 2.05) is 0 Å². The molecule has 0 saturated heterocycles. The number of benzene rings is 1. The molecule has 3 heteroatoms. The number of aromatic nitrogens is 2. The van der Waals surface area contributed by atoms with Gasteiger partial charge >= 0.3 is 0 Å². The van der Waals surface area contributed by atoms with E-state index in [1.54, 1.807) is 0 Å². The molecule has 0 amide bonds. The van der Waals surface area contributed by atoms with E-state index in [1.165, 1.54) is 23.1 Å². The molecule has 3 rings (SSSR count). The van der Waals surface area contributed by atoms with Gasteiger partial charge in [0.25, 0.3) is 0 Å². The zero-order chi connectivity index (χ0) is 14.4. The minimum Gasteiger partial charge on any atom is -0.383 e. The minimum atomic E-state index is 0.444. The van der Waals surface area contributed by atoms with Crippen LogP contribution in [-0.4, -0.2) is 9.55 Å². The van der Waals surface area contributed by atoms with Crippen LogP contribution < -0.4 is 5.73 Å². The van der Waals surface area contributed by atoms with Crippen molar-refractivity contribution < 1.29 is 0 Å². The third kappa shape index (κ3) is 1.92. The highest BCUT2D eigenvalue weighted by atomic mass is 15.2. The number of nitrogen functional groups attached to an aromatic ring is 1. The molecule has 0 aliphatic carbocycles. The third-order valence-electron chi connectivity index (χ3n) is 4.45. The summed E-state index contributed by atoms with van der Waals surface area (Å²) in [6.07, 6.45) is 2.21. The van der Waals surface area contributed by atoms with E-state index >= 15 is 0 Å². The Kier molecular flexibility index (Phi) is 3.08. The number of hydrogen-bond acceptors (Lipinski definition) is 2. The highest BCUT2D eigenvalue weighted by Crippen LogP contribution is 2.38. The summed E-state index contributed by atoms with van der Waals surface area (Å²) in [5.41, 5.74) is 11.1. The lowest BCUT2D eigenvalue weighted by molar-refractivity contribution is 0.346. The average molecular weight is 269 g/mol. The molecule has 0 radical (unpaired) electrons. The van der Waals surface area contributed by atoms with Gasteiger partial charge < -0.3 is 10.3 Å². The molecular weight excluding hydrogens is 246 g/mol. The number of aryl methyl sites for hydroxylation is 2. The first-order chi connectivity index (χ1) is 9.49. The fourth-order valence-electron chi connectivity index (χ4n) is 3.58. The summed E-state index contributed by atoms with van der Waals surface area (Å²) in [6.45, 7) is 8.80. The zero-order valence-electron chi connectivity index (χ0n) is 12.8. The van der Waals surface area contributed by atoms with Gasteiger partial charge in [-0.25, -0.2) is 4.98 Å². The molecule has 0 fully saturated rings. The largest absolute Gasteiger partial charge is 0.383 e. The highest BCUT2D eigenvalue weighted by molar-refractivity contribution is 5.76. The maximum atomic E-state index is 6.43. The quantitative estimate of drug-likeness (QED) is 0.853. The first-order valence-corrected chi connectivity index (χ1v) is 7.42. The molecule has 1 aromatic heterocycles. The maximum absolute atomic E-state index is 6.43. The van der Waals surface area contributed by atoms with Crippen molar-refractivity contribution in [3.63, 3.8) is 0 Å². The fourth-order valence-corrected chi connectivity index (χ4v) is 3.58. The van der Waals surface area contributed by atoms with E-state index in [4.69, 9.17) is 10.7 Å². The Bertz CT molecular complexity index is 634. The van der Waals surface area contributed by atoms with Crippen molar-refractivity contribution in [2.45, 2.75) is 46.6 Å². The van der Waals surface area contributed by atoms with Crippen LogP contribution in [0.5, 0.6) is 0 Å². The molecule has 2 atom stereocenters. The summed E-state index contributed by atoms with van der Waals surface area (Å²) in [7, 11) is 0. The van der Waals surface area contributed by atoms with Crippen LogP contribution in [0.4, 0.5) is 5.82 Å². The van der Waals surface area contributed by atoms with Crippen molar-refractivity contribution in [1.82, 2.24) is 9.55 Å². The van der Waals surface area contributed by atoms with Crippen molar-refractivity contribution in [3.8, 4) is 11.3 Å². The molecule has 106 valence electrons. The van der Waals surface area contributed by atoms with Gasteiger partial charge in [0.1, 0.15) is 17.3 Å². The summed E-state index contributed by atoms with van der Waals surface area (Å²) >= 11 is 0. The van der Waals surface area contributed by atoms with Crippen molar-refractivity contribution in [2.24, 2.45) is 5.92 Å². The summed E-state index contributed by atoms with van der Waals surface area (Å²) in [6, 6.07) is 6.79. The van der Waals surface area contributed by atoms with Crippen molar-refractivity contribution in [1.29, 1.82) is 0 Å². The lowest BCUT2D eigenvalue weighted by Crippen LogP contribution is -2.22. The predicted octanol–water partition coefficient (Wildman–Crippen LogP) is 3.89. The second-order valence-corrected chi connectivity index (χ2v) is 6.29. The van der Waals surface area contributed by atoms with Crippen molar-refractivity contribution in [2.75, 3.05) is 5.73 Å². The van der Waals surface area contributed by atoms with Crippen molar-refractivity contribution >= 4 is 5.82 Å². The fraction of sp³-hybridized carbons (Fsp3) is 0.471.